The van der Waals surface area contributed by atoms with Gasteiger partial charge in [0.2, 0.25) is 0 Å². The molecule has 0 unspecified atom stereocenters. The van der Waals surface area contributed by atoms with E-state index in [0.29, 0.717) is 17.7 Å². The molecular weight excluding hydrogens is 312 g/mol. The summed E-state index contributed by atoms with van der Waals surface area (Å²) in [5.41, 5.74) is 5.67. The van der Waals surface area contributed by atoms with Crippen LogP contribution in [0, 0.1) is 41.7 Å². The highest BCUT2D eigenvalue weighted by Gasteiger charge is 2.19. The molecule has 0 spiro atoms. The Bertz CT molecular complexity index is 1020. The molecule has 2 heterocycles. The molecule has 5 heteroatoms. The summed E-state index contributed by atoms with van der Waals surface area (Å²) in [6.45, 7) is 4.40. The van der Waals surface area contributed by atoms with Crippen molar-refractivity contribution < 1.29 is 4.73 Å². The average molecular weight is 328 g/mol. The third kappa shape index (κ3) is 2.96. The maximum absolute atomic E-state index is 11.5. The zero-order valence-corrected chi connectivity index (χ0v) is 14.0. The minimum atomic E-state index is 0.520. The third-order valence-electron chi connectivity index (χ3n) is 4.37. The molecule has 0 aliphatic carbocycles. The summed E-state index contributed by atoms with van der Waals surface area (Å²) in [4.78, 5) is 0. The van der Waals surface area contributed by atoms with Crippen LogP contribution in [-0.4, -0.2) is 4.57 Å². The van der Waals surface area contributed by atoms with Gasteiger partial charge in [0.25, 0.3) is 0 Å². The number of hydrogen-bond donors (Lipinski definition) is 0. The molecular formula is C20H16N4O. The predicted molar refractivity (Wildman–Crippen MR) is 93.3 cm³/mol. The molecule has 2 aromatic heterocycles. The number of aromatic nitrogens is 2. The lowest BCUT2D eigenvalue weighted by Gasteiger charge is -2.09. The van der Waals surface area contributed by atoms with Gasteiger partial charge in [0.1, 0.15) is 6.07 Å². The van der Waals surface area contributed by atoms with E-state index in [2.05, 4.69) is 12.1 Å². The van der Waals surface area contributed by atoms with Crippen LogP contribution in [0.25, 0.3) is 11.1 Å². The molecule has 0 bridgehead atoms. The quantitative estimate of drug-likeness (QED) is 0.547. The van der Waals surface area contributed by atoms with Crippen molar-refractivity contribution in [2.45, 2.75) is 20.4 Å². The third-order valence-corrected chi connectivity index (χ3v) is 4.37. The van der Waals surface area contributed by atoms with Gasteiger partial charge in [-0.05, 0) is 37.6 Å². The van der Waals surface area contributed by atoms with Gasteiger partial charge >= 0.3 is 0 Å². The molecule has 0 saturated heterocycles. The highest BCUT2D eigenvalue weighted by atomic mass is 16.5. The van der Waals surface area contributed by atoms with Gasteiger partial charge in [-0.1, -0.05) is 12.1 Å². The van der Waals surface area contributed by atoms with E-state index in [1.54, 1.807) is 18.2 Å². The fourth-order valence-electron chi connectivity index (χ4n) is 3.10. The number of nitrogens with zero attached hydrogens (tertiary/aromatic N) is 4. The highest BCUT2D eigenvalue weighted by Crippen LogP contribution is 2.32. The van der Waals surface area contributed by atoms with E-state index < -0.39 is 0 Å². The van der Waals surface area contributed by atoms with Crippen molar-refractivity contribution in [1.29, 1.82) is 10.5 Å². The first kappa shape index (κ1) is 16.3. The molecule has 3 rings (SSSR count). The first-order valence-corrected chi connectivity index (χ1v) is 7.83. The second-order valence-corrected chi connectivity index (χ2v) is 5.88. The highest BCUT2D eigenvalue weighted by molar-refractivity contribution is 5.75. The number of rotatable bonds is 3. The van der Waals surface area contributed by atoms with Crippen molar-refractivity contribution in [3.8, 4) is 23.3 Å². The molecule has 0 aliphatic heterocycles. The van der Waals surface area contributed by atoms with Crippen molar-refractivity contribution in [1.82, 2.24) is 4.57 Å². The van der Waals surface area contributed by atoms with E-state index in [0.717, 1.165) is 32.8 Å². The minimum Gasteiger partial charge on any atom is -0.619 e. The zero-order valence-electron chi connectivity index (χ0n) is 14.0. The maximum atomic E-state index is 11.5. The summed E-state index contributed by atoms with van der Waals surface area (Å²) in [5.74, 6) is 0. The van der Waals surface area contributed by atoms with Crippen LogP contribution in [-0.2, 0) is 6.54 Å². The lowest BCUT2D eigenvalue weighted by molar-refractivity contribution is -0.605. The molecule has 25 heavy (non-hydrogen) atoms. The van der Waals surface area contributed by atoms with Crippen molar-refractivity contribution in [3.05, 3.63) is 82.1 Å². The zero-order chi connectivity index (χ0) is 18.0. The fraction of sp³-hybridized carbons (Fsp3) is 0.150. The molecule has 0 fully saturated rings. The van der Waals surface area contributed by atoms with Gasteiger partial charge in [0, 0.05) is 28.6 Å². The molecule has 122 valence electrons. The minimum absolute atomic E-state index is 0.520. The van der Waals surface area contributed by atoms with Crippen molar-refractivity contribution in [2.75, 3.05) is 0 Å². The lowest BCUT2D eigenvalue weighted by Crippen LogP contribution is -2.25. The van der Waals surface area contributed by atoms with E-state index in [9.17, 15) is 10.5 Å². The fourth-order valence-corrected chi connectivity index (χ4v) is 3.10. The first-order chi connectivity index (χ1) is 12.0. The van der Waals surface area contributed by atoms with Crippen LogP contribution in [0.4, 0.5) is 0 Å². The molecule has 0 amide bonds. The van der Waals surface area contributed by atoms with E-state index in [1.807, 2.05) is 36.6 Å². The van der Waals surface area contributed by atoms with Gasteiger partial charge in [-0.2, -0.15) is 15.3 Å². The molecule has 5 nitrogen and oxygen atoms in total. The summed E-state index contributed by atoms with van der Waals surface area (Å²) >= 11 is 0. The van der Waals surface area contributed by atoms with Crippen LogP contribution >= 0.6 is 0 Å². The van der Waals surface area contributed by atoms with Crippen LogP contribution in [0.2, 0.25) is 0 Å². The largest absolute Gasteiger partial charge is 0.619 e. The molecule has 0 saturated carbocycles. The standard InChI is InChI=1S/C20H16N4O/c1-14-19(11-22)20(18-7-5-16(10-21)6-8-18)15(2)24(14)13-17-4-3-9-23(25)12-17/h3-9,12H,13H2,1-2H3. The van der Waals surface area contributed by atoms with Crippen LogP contribution in [0.1, 0.15) is 28.1 Å². The van der Waals surface area contributed by atoms with Gasteiger partial charge in [-0.25, -0.2) is 0 Å². The topological polar surface area (TPSA) is 79.5 Å². The Labute approximate surface area is 146 Å². The number of benzene rings is 1. The van der Waals surface area contributed by atoms with Gasteiger partial charge < -0.3 is 9.77 Å². The molecule has 0 atom stereocenters. The summed E-state index contributed by atoms with van der Waals surface area (Å²) in [6.07, 6.45) is 2.98. The van der Waals surface area contributed by atoms with Gasteiger partial charge in [0.05, 0.1) is 23.7 Å². The van der Waals surface area contributed by atoms with Crippen LogP contribution in [0.15, 0.2) is 48.8 Å². The first-order valence-electron chi connectivity index (χ1n) is 7.83. The monoisotopic (exact) mass is 328 g/mol. The second kappa shape index (κ2) is 6.51. The number of pyridine rings is 1. The van der Waals surface area contributed by atoms with Crippen molar-refractivity contribution >= 4 is 0 Å². The SMILES string of the molecule is Cc1c(C#N)c(-c2ccc(C#N)cc2)c(C)n1Cc1ccc[n+]([O-])c1. The summed E-state index contributed by atoms with van der Waals surface area (Å²) in [5, 5.41) is 30.1. The number of nitriles is 2. The number of hydrogen-bond acceptors (Lipinski definition) is 3. The summed E-state index contributed by atoms with van der Waals surface area (Å²) in [7, 11) is 0. The normalized spacial score (nSPS) is 10.2. The predicted octanol–water partition coefficient (Wildman–Crippen LogP) is 3.20. The lowest BCUT2D eigenvalue weighted by atomic mass is 10.0. The Hall–Kier alpha value is -3.57. The van der Waals surface area contributed by atoms with E-state index in [-0.39, 0.29) is 0 Å². The van der Waals surface area contributed by atoms with Crippen molar-refractivity contribution in [3.63, 3.8) is 0 Å². The van der Waals surface area contributed by atoms with Crippen LogP contribution in [0.5, 0.6) is 0 Å². The Kier molecular flexibility index (Phi) is 4.24. The molecule has 1 aromatic carbocycles. The smallest absolute Gasteiger partial charge is 0.185 e. The Morgan fingerprint density at radius 2 is 1.76 bits per heavy atom. The Balaban J connectivity index is 2.11. The molecule has 0 aliphatic rings. The van der Waals surface area contributed by atoms with Crippen LogP contribution in [0.3, 0.4) is 0 Å². The van der Waals surface area contributed by atoms with Crippen LogP contribution < -0.4 is 4.73 Å². The summed E-state index contributed by atoms with van der Waals surface area (Å²) < 4.78 is 2.82. The van der Waals surface area contributed by atoms with Gasteiger partial charge in [-0.15, -0.1) is 0 Å². The molecule has 0 radical (unpaired) electrons. The van der Waals surface area contributed by atoms with Crippen molar-refractivity contribution in [2.24, 2.45) is 0 Å². The van der Waals surface area contributed by atoms with E-state index >= 15 is 0 Å². The van der Waals surface area contributed by atoms with E-state index in [4.69, 9.17) is 5.26 Å². The molecule has 0 N–H and O–H groups in total. The summed E-state index contributed by atoms with van der Waals surface area (Å²) in [6, 6.07) is 15.2. The Morgan fingerprint density at radius 3 is 2.36 bits per heavy atom. The van der Waals surface area contributed by atoms with Gasteiger partial charge in [0.15, 0.2) is 12.4 Å². The average Bonchev–Trinajstić information content (AvgIpc) is 2.86. The van der Waals surface area contributed by atoms with Gasteiger partial charge in [-0.3, -0.25) is 0 Å². The second-order valence-electron chi connectivity index (χ2n) is 5.88. The molecule has 3 aromatic rings. The maximum Gasteiger partial charge on any atom is 0.185 e. The van der Waals surface area contributed by atoms with E-state index in [1.165, 1.54) is 12.4 Å². The Morgan fingerprint density at radius 1 is 1.04 bits per heavy atom.